The Morgan fingerprint density at radius 1 is 0.848 bits per heavy atom. The lowest BCUT2D eigenvalue weighted by Gasteiger charge is -2.28. The molecule has 0 bridgehead atoms. The predicted octanol–water partition coefficient (Wildman–Crippen LogP) is 8.02. The van der Waals surface area contributed by atoms with Crippen molar-refractivity contribution in [1.29, 1.82) is 0 Å². The summed E-state index contributed by atoms with van der Waals surface area (Å²) in [6.45, 7) is 8.12. The molecule has 0 saturated heterocycles. The molecule has 0 saturated carbocycles. The van der Waals surface area contributed by atoms with Crippen LogP contribution in [0.5, 0.6) is 0 Å². The molecule has 0 aliphatic heterocycles. The van der Waals surface area contributed by atoms with Crippen LogP contribution in [0.1, 0.15) is 124 Å². The zero-order valence-electron chi connectivity index (χ0n) is 21.6. The summed E-state index contributed by atoms with van der Waals surface area (Å²) in [5.74, 6) is -2.29. The van der Waals surface area contributed by atoms with Crippen molar-refractivity contribution in [3.05, 3.63) is 0 Å². The fourth-order valence-electron chi connectivity index (χ4n) is 3.77. The van der Waals surface area contributed by atoms with Gasteiger partial charge in [-0.05, 0) is 31.9 Å². The predicted molar refractivity (Wildman–Crippen MR) is 140 cm³/mol. The molecule has 0 heterocycles. The lowest BCUT2D eigenvalue weighted by Crippen LogP contribution is -2.30. The summed E-state index contributed by atoms with van der Waals surface area (Å²) in [6.07, 6.45) is 17.0. The van der Waals surface area contributed by atoms with Gasteiger partial charge in [0.15, 0.2) is 0 Å². The molecule has 6 nitrogen and oxygen atoms in total. The third-order valence-electron chi connectivity index (χ3n) is 5.75. The molecule has 0 aromatic heterocycles. The normalized spacial score (nSPS) is 16.3. The number of carboxylic acid groups (broad SMARTS) is 1. The first-order chi connectivity index (χ1) is 15.8. The van der Waals surface area contributed by atoms with Gasteiger partial charge in [0.25, 0.3) is 5.85 Å². The molecule has 0 amide bonds. The van der Waals surface area contributed by atoms with Crippen molar-refractivity contribution >= 4 is 25.3 Å². The number of carboxylic acids is 1. The summed E-state index contributed by atoms with van der Waals surface area (Å²) in [5.41, 5.74) is 0. The Balaban J connectivity index is 4.61. The number of ether oxygens (including phenoxy) is 1. The lowest BCUT2D eigenvalue weighted by atomic mass is 10.1. The van der Waals surface area contributed by atoms with Gasteiger partial charge in [-0.1, -0.05) is 97.8 Å². The number of carbonyl (C=O) groups is 1. The minimum absolute atomic E-state index is 0.0667. The van der Waals surface area contributed by atoms with Crippen molar-refractivity contribution in [3.8, 4) is 0 Å². The molecule has 0 radical (unpaired) electrons. The van der Waals surface area contributed by atoms with E-state index >= 15 is 0 Å². The second kappa shape index (κ2) is 21.2. The fraction of sp³-hybridized carbons (Fsp3) is 0.960. The van der Waals surface area contributed by atoms with Gasteiger partial charge in [-0.3, -0.25) is 4.57 Å². The summed E-state index contributed by atoms with van der Waals surface area (Å²) in [4.78, 5) is 21.8. The highest BCUT2D eigenvalue weighted by Crippen LogP contribution is 2.50. The smallest absolute Gasteiger partial charge is 0.368 e. The van der Waals surface area contributed by atoms with Crippen LogP contribution < -0.4 is 0 Å². The quantitative estimate of drug-likeness (QED) is 0.100. The Morgan fingerprint density at radius 2 is 1.36 bits per heavy atom. The first kappa shape index (κ1) is 32.9. The molecule has 4 unspecified atom stereocenters. The van der Waals surface area contributed by atoms with E-state index in [-0.39, 0.29) is 11.9 Å². The molecule has 0 aromatic rings. The van der Waals surface area contributed by atoms with Crippen LogP contribution in [-0.2, 0) is 18.6 Å². The number of rotatable bonds is 24. The largest absolute Gasteiger partial charge is 0.479 e. The fourth-order valence-corrected chi connectivity index (χ4v) is 6.49. The SMILES string of the molecule is CCCCCCCCCCCSC(CCCCCC)C(C)OP(=O)(O)C(OCCC)C(=O)O. The molecule has 0 aliphatic rings. The average molecular weight is 511 g/mol. The minimum atomic E-state index is -4.44. The van der Waals surface area contributed by atoms with Gasteiger partial charge < -0.3 is 19.3 Å². The van der Waals surface area contributed by atoms with Crippen LogP contribution in [0.15, 0.2) is 0 Å². The molecular formula is C25H51O6PS. The van der Waals surface area contributed by atoms with Gasteiger partial charge in [-0.25, -0.2) is 4.79 Å². The highest BCUT2D eigenvalue weighted by molar-refractivity contribution is 7.99. The van der Waals surface area contributed by atoms with Gasteiger partial charge in [-0.2, -0.15) is 11.8 Å². The molecule has 2 N–H and O–H groups in total. The summed E-state index contributed by atoms with van der Waals surface area (Å²) < 4.78 is 23.4. The van der Waals surface area contributed by atoms with E-state index in [1.807, 2.05) is 6.92 Å². The molecule has 0 aliphatic carbocycles. The van der Waals surface area contributed by atoms with Gasteiger partial charge in [0, 0.05) is 11.9 Å². The standard InChI is InChI=1S/C25H51O6PS/c1-5-8-10-12-13-14-15-16-18-21-33-23(19-17-11-9-6-2)22(4)31-32(28,29)25(24(26)27)30-20-7-3/h22-23,25H,5-21H2,1-4H3,(H,26,27)(H,28,29). The van der Waals surface area contributed by atoms with E-state index in [0.717, 1.165) is 37.9 Å². The molecule has 0 aromatic carbocycles. The molecule has 8 heteroatoms. The zero-order chi connectivity index (χ0) is 25.0. The van der Waals surface area contributed by atoms with Crippen LogP contribution in [0.3, 0.4) is 0 Å². The Bertz CT molecular complexity index is 519. The van der Waals surface area contributed by atoms with E-state index in [1.54, 1.807) is 18.7 Å². The van der Waals surface area contributed by atoms with Crippen LogP contribution in [0.25, 0.3) is 0 Å². The summed E-state index contributed by atoms with van der Waals surface area (Å²) in [6, 6.07) is 0. The molecule has 4 atom stereocenters. The van der Waals surface area contributed by atoms with Gasteiger partial charge in [0.2, 0.25) is 0 Å². The van der Waals surface area contributed by atoms with Crippen molar-refractivity contribution in [2.75, 3.05) is 12.4 Å². The van der Waals surface area contributed by atoms with Crippen molar-refractivity contribution in [2.24, 2.45) is 0 Å². The van der Waals surface area contributed by atoms with Crippen LogP contribution in [0, 0.1) is 0 Å². The summed E-state index contributed by atoms with van der Waals surface area (Å²) in [7, 11) is -4.44. The van der Waals surface area contributed by atoms with Crippen LogP contribution >= 0.6 is 19.4 Å². The molecule has 0 spiro atoms. The zero-order valence-corrected chi connectivity index (χ0v) is 23.3. The van der Waals surface area contributed by atoms with Crippen LogP contribution in [0.2, 0.25) is 0 Å². The maximum Gasteiger partial charge on any atom is 0.368 e. The van der Waals surface area contributed by atoms with Gasteiger partial charge in [0.05, 0.1) is 6.10 Å². The van der Waals surface area contributed by atoms with E-state index < -0.39 is 25.5 Å². The van der Waals surface area contributed by atoms with E-state index in [0.29, 0.717) is 6.42 Å². The van der Waals surface area contributed by atoms with Gasteiger partial charge in [0.1, 0.15) is 0 Å². The highest BCUT2D eigenvalue weighted by Gasteiger charge is 2.42. The van der Waals surface area contributed by atoms with Crippen molar-refractivity contribution in [2.45, 2.75) is 141 Å². The Kier molecular flexibility index (Phi) is 21.2. The van der Waals surface area contributed by atoms with Crippen LogP contribution in [-0.4, -0.2) is 45.5 Å². The Labute approximate surface area is 207 Å². The number of hydrogen-bond donors (Lipinski definition) is 2. The molecule has 198 valence electrons. The third kappa shape index (κ3) is 17.1. The maximum atomic E-state index is 12.7. The number of aliphatic carboxylic acids is 1. The molecule has 0 rings (SSSR count). The minimum Gasteiger partial charge on any atom is -0.479 e. The van der Waals surface area contributed by atoms with E-state index in [9.17, 15) is 19.4 Å². The topological polar surface area (TPSA) is 93.1 Å². The Morgan fingerprint density at radius 3 is 1.88 bits per heavy atom. The van der Waals surface area contributed by atoms with Crippen molar-refractivity contribution in [3.63, 3.8) is 0 Å². The van der Waals surface area contributed by atoms with Crippen molar-refractivity contribution in [1.82, 2.24) is 0 Å². The first-order valence-electron chi connectivity index (χ1n) is 13.3. The maximum absolute atomic E-state index is 12.7. The van der Waals surface area contributed by atoms with Crippen molar-refractivity contribution < 1.29 is 28.6 Å². The van der Waals surface area contributed by atoms with Gasteiger partial charge >= 0.3 is 13.6 Å². The molecular weight excluding hydrogens is 459 g/mol. The molecule has 0 fully saturated rings. The average Bonchev–Trinajstić information content (AvgIpc) is 2.75. The summed E-state index contributed by atoms with van der Waals surface area (Å²) >= 11 is 1.80. The number of thioether (sulfide) groups is 1. The third-order valence-corrected chi connectivity index (χ3v) is 8.92. The van der Waals surface area contributed by atoms with E-state index in [1.165, 1.54) is 57.8 Å². The number of unbranched alkanes of at least 4 members (excludes halogenated alkanes) is 11. The number of hydrogen-bond acceptors (Lipinski definition) is 5. The van der Waals surface area contributed by atoms with Gasteiger partial charge in [-0.15, -0.1) is 0 Å². The first-order valence-corrected chi connectivity index (χ1v) is 16.0. The van der Waals surface area contributed by atoms with Crippen LogP contribution in [0.4, 0.5) is 0 Å². The molecule has 33 heavy (non-hydrogen) atoms. The van der Waals surface area contributed by atoms with E-state index in [4.69, 9.17) is 9.26 Å². The lowest BCUT2D eigenvalue weighted by molar-refractivity contribution is -0.146. The second-order valence-electron chi connectivity index (χ2n) is 9.02. The summed E-state index contributed by atoms with van der Waals surface area (Å²) in [5, 5.41) is 9.42. The van der Waals surface area contributed by atoms with E-state index in [2.05, 4.69) is 13.8 Å². The monoisotopic (exact) mass is 510 g/mol. The second-order valence-corrected chi connectivity index (χ2v) is 12.2. The Hall–Kier alpha value is -0.0700. The highest BCUT2D eigenvalue weighted by atomic mass is 32.2.